The lowest BCUT2D eigenvalue weighted by Crippen LogP contribution is -2.12. The lowest BCUT2D eigenvalue weighted by Gasteiger charge is -2.06. The molecule has 5 nitrogen and oxygen atoms in total. The third kappa shape index (κ3) is 2.69. The molecule has 1 aliphatic heterocycles. The molecule has 0 fully saturated rings. The van der Waals surface area contributed by atoms with E-state index in [1.807, 2.05) is 31.3 Å². The lowest BCUT2D eigenvalue weighted by atomic mass is 10.1. The number of aryl methyl sites for hydroxylation is 2. The Morgan fingerprint density at radius 2 is 2.00 bits per heavy atom. The first kappa shape index (κ1) is 14.6. The lowest BCUT2D eigenvalue weighted by molar-refractivity contribution is -0.116. The Labute approximate surface area is 139 Å². The highest BCUT2D eigenvalue weighted by Crippen LogP contribution is 2.34. The van der Waals surface area contributed by atoms with Crippen LogP contribution in [0.1, 0.15) is 12.0 Å². The largest absolute Gasteiger partial charge is 0.454 e. The van der Waals surface area contributed by atoms with Crippen molar-refractivity contribution in [2.45, 2.75) is 12.8 Å². The van der Waals surface area contributed by atoms with Crippen molar-refractivity contribution in [3.63, 3.8) is 0 Å². The summed E-state index contributed by atoms with van der Waals surface area (Å²) in [6.45, 7) is 0.230. The number of carbonyl (C=O) groups is 1. The highest BCUT2D eigenvalue weighted by Gasteiger charge is 2.14. The van der Waals surface area contributed by atoms with Crippen LogP contribution in [0.15, 0.2) is 48.7 Å². The minimum Gasteiger partial charge on any atom is -0.454 e. The van der Waals surface area contributed by atoms with Crippen molar-refractivity contribution in [1.29, 1.82) is 0 Å². The second kappa shape index (κ2) is 5.92. The van der Waals surface area contributed by atoms with Gasteiger partial charge in [-0.05, 0) is 30.2 Å². The predicted octanol–water partition coefficient (Wildman–Crippen LogP) is 3.48. The molecule has 0 atom stereocenters. The van der Waals surface area contributed by atoms with Crippen molar-refractivity contribution >= 4 is 22.5 Å². The molecule has 0 saturated carbocycles. The summed E-state index contributed by atoms with van der Waals surface area (Å²) in [5.41, 5.74) is 3.10. The smallest absolute Gasteiger partial charge is 0.231 e. The molecule has 0 bridgehead atoms. The third-order valence-corrected chi connectivity index (χ3v) is 4.26. The summed E-state index contributed by atoms with van der Waals surface area (Å²) in [4.78, 5) is 12.2. The van der Waals surface area contributed by atoms with Crippen LogP contribution in [-0.4, -0.2) is 17.3 Å². The molecule has 0 saturated heterocycles. The zero-order valence-electron chi connectivity index (χ0n) is 13.4. The number of nitrogens with one attached hydrogen (secondary N) is 1. The van der Waals surface area contributed by atoms with Gasteiger partial charge in [0.1, 0.15) is 0 Å². The molecule has 2 heterocycles. The number of ether oxygens (including phenoxy) is 2. The van der Waals surface area contributed by atoms with Crippen molar-refractivity contribution in [1.82, 2.24) is 4.57 Å². The molecule has 24 heavy (non-hydrogen) atoms. The van der Waals surface area contributed by atoms with E-state index in [1.165, 1.54) is 16.5 Å². The van der Waals surface area contributed by atoms with Gasteiger partial charge in [0.05, 0.1) is 0 Å². The van der Waals surface area contributed by atoms with Gasteiger partial charge in [0.15, 0.2) is 11.5 Å². The first-order chi connectivity index (χ1) is 11.7. The van der Waals surface area contributed by atoms with E-state index in [1.54, 1.807) is 6.07 Å². The Bertz CT molecular complexity index is 914. The van der Waals surface area contributed by atoms with E-state index in [9.17, 15) is 4.79 Å². The summed E-state index contributed by atoms with van der Waals surface area (Å²) in [5.74, 6) is 1.37. The van der Waals surface area contributed by atoms with Crippen LogP contribution in [0.2, 0.25) is 0 Å². The van der Waals surface area contributed by atoms with E-state index in [-0.39, 0.29) is 12.7 Å². The van der Waals surface area contributed by atoms with E-state index in [0.717, 1.165) is 5.69 Å². The monoisotopic (exact) mass is 322 g/mol. The van der Waals surface area contributed by atoms with Gasteiger partial charge in [-0.3, -0.25) is 4.79 Å². The maximum Gasteiger partial charge on any atom is 0.231 e. The van der Waals surface area contributed by atoms with Crippen molar-refractivity contribution in [3.05, 3.63) is 54.2 Å². The van der Waals surface area contributed by atoms with Crippen LogP contribution in [0, 0.1) is 0 Å². The van der Waals surface area contributed by atoms with Crippen molar-refractivity contribution < 1.29 is 14.3 Å². The van der Waals surface area contributed by atoms with Gasteiger partial charge < -0.3 is 19.4 Å². The van der Waals surface area contributed by atoms with Crippen LogP contribution in [-0.2, 0) is 18.3 Å². The molecule has 4 rings (SSSR count). The molecule has 2 aromatic carbocycles. The van der Waals surface area contributed by atoms with Gasteiger partial charge in [-0.2, -0.15) is 0 Å². The van der Waals surface area contributed by atoms with Crippen LogP contribution < -0.4 is 14.8 Å². The molecule has 1 N–H and O–H groups in total. The van der Waals surface area contributed by atoms with E-state index >= 15 is 0 Å². The third-order valence-electron chi connectivity index (χ3n) is 4.26. The summed E-state index contributed by atoms with van der Waals surface area (Å²) < 4.78 is 12.7. The fourth-order valence-electron chi connectivity index (χ4n) is 3.07. The number of benzene rings is 2. The molecule has 0 aliphatic carbocycles. The molecule has 0 spiro atoms. The Kier molecular flexibility index (Phi) is 3.61. The summed E-state index contributed by atoms with van der Waals surface area (Å²) >= 11 is 0. The zero-order valence-corrected chi connectivity index (χ0v) is 13.4. The molecular formula is C19H18N2O3. The van der Waals surface area contributed by atoms with Gasteiger partial charge in [0.2, 0.25) is 12.7 Å². The Hall–Kier alpha value is -2.95. The molecule has 3 aromatic rings. The summed E-state index contributed by atoms with van der Waals surface area (Å²) in [6.07, 6.45) is 3.23. The Morgan fingerprint density at radius 1 is 1.17 bits per heavy atom. The number of carbonyl (C=O) groups excluding carboxylic acids is 1. The molecule has 5 heteroatoms. The minimum absolute atomic E-state index is 0.0122. The average Bonchev–Trinajstić information content (AvgIpc) is 3.18. The van der Waals surface area contributed by atoms with Gasteiger partial charge in [0, 0.05) is 42.3 Å². The molecule has 1 amide bonds. The maximum absolute atomic E-state index is 12.2. The molecule has 1 aromatic heterocycles. The standard InChI is InChI=1S/C19H18N2O3/c1-21-11-13(15-4-2-3-5-16(15)21)6-9-19(22)20-14-7-8-17-18(10-14)24-12-23-17/h2-5,7-8,10-11H,6,9,12H2,1H3,(H,20,22). The minimum atomic E-state index is -0.0122. The first-order valence-corrected chi connectivity index (χ1v) is 7.93. The van der Waals surface area contributed by atoms with Gasteiger partial charge in [0.25, 0.3) is 0 Å². The number of para-hydroxylation sites is 1. The molecule has 122 valence electrons. The van der Waals surface area contributed by atoms with E-state index < -0.39 is 0 Å². The van der Waals surface area contributed by atoms with Crippen molar-refractivity contribution in [2.24, 2.45) is 7.05 Å². The highest BCUT2D eigenvalue weighted by molar-refractivity contribution is 5.92. The summed E-state index contributed by atoms with van der Waals surface area (Å²) in [5, 5.41) is 4.12. The number of rotatable bonds is 4. The first-order valence-electron chi connectivity index (χ1n) is 7.93. The number of hydrogen-bond donors (Lipinski definition) is 1. The van der Waals surface area contributed by atoms with Crippen molar-refractivity contribution in [2.75, 3.05) is 12.1 Å². The Morgan fingerprint density at radius 3 is 2.92 bits per heavy atom. The number of nitrogens with zero attached hydrogens (tertiary/aromatic N) is 1. The van der Waals surface area contributed by atoms with Gasteiger partial charge >= 0.3 is 0 Å². The summed E-state index contributed by atoms with van der Waals surface area (Å²) in [6, 6.07) is 13.7. The SMILES string of the molecule is Cn1cc(CCC(=O)Nc2ccc3c(c2)OCO3)c2ccccc21. The number of aromatic nitrogens is 1. The Balaban J connectivity index is 1.43. The van der Waals surface area contributed by atoms with Crippen LogP contribution in [0.4, 0.5) is 5.69 Å². The highest BCUT2D eigenvalue weighted by atomic mass is 16.7. The van der Waals surface area contributed by atoms with Crippen LogP contribution in [0.5, 0.6) is 11.5 Å². The topological polar surface area (TPSA) is 52.5 Å². The predicted molar refractivity (Wildman–Crippen MR) is 92.4 cm³/mol. The van der Waals surface area contributed by atoms with E-state index in [0.29, 0.717) is 24.3 Å². The molecule has 1 aliphatic rings. The quantitative estimate of drug-likeness (QED) is 0.800. The van der Waals surface area contributed by atoms with Crippen LogP contribution in [0.25, 0.3) is 10.9 Å². The van der Waals surface area contributed by atoms with Crippen molar-refractivity contribution in [3.8, 4) is 11.5 Å². The number of fused-ring (bicyclic) bond motifs is 2. The van der Waals surface area contributed by atoms with E-state index in [2.05, 4.69) is 28.2 Å². The summed E-state index contributed by atoms with van der Waals surface area (Å²) in [7, 11) is 2.03. The fourth-order valence-corrected chi connectivity index (χ4v) is 3.07. The van der Waals surface area contributed by atoms with Gasteiger partial charge in [-0.25, -0.2) is 0 Å². The maximum atomic E-state index is 12.2. The van der Waals surface area contributed by atoms with Gasteiger partial charge in [-0.1, -0.05) is 18.2 Å². The zero-order chi connectivity index (χ0) is 16.5. The number of anilines is 1. The average molecular weight is 322 g/mol. The number of hydrogen-bond acceptors (Lipinski definition) is 3. The van der Waals surface area contributed by atoms with Crippen LogP contribution >= 0.6 is 0 Å². The molecule has 0 unspecified atom stereocenters. The second-order valence-electron chi connectivity index (χ2n) is 5.90. The molecular weight excluding hydrogens is 304 g/mol. The normalized spacial score (nSPS) is 12.5. The van der Waals surface area contributed by atoms with Gasteiger partial charge in [-0.15, -0.1) is 0 Å². The van der Waals surface area contributed by atoms with E-state index in [4.69, 9.17) is 9.47 Å². The second-order valence-corrected chi connectivity index (χ2v) is 5.90. The van der Waals surface area contributed by atoms with Crippen LogP contribution in [0.3, 0.4) is 0 Å². The fraction of sp³-hybridized carbons (Fsp3) is 0.211. The molecule has 0 radical (unpaired) electrons. The number of amides is 1.